The average Bonchev–Trinajstić information content (AvgIpc) is 3.93. The first kappa shape index (κ1) is 45.1. The van der Waals surface area contributed by atoms with Gasteiger partial charge in [0.15, 0.2) is 11.4 Å². The van der Waals surface area contributed by atoms with Crippen molar-refractivity contribution < 1.29 is 32.7 Å². The monoisotopic (exact) mass is 931 g/mol. The Morgan fingerprint density at radius 1 is 1.01 bits per heavy atom. The Hall–Kier alpha value is -5.71. The van der Waals surface area contributed by atoms with Gasteiger partial charge in [-0.05, 0) is 124 Å². The molecule has 10 rings (SSSR count). The topological polar surface area (TPSA) is 192 Å². The Morgan fingerprint density at radius 2 is 1.78 bits per heavy atom. The first-order valence-electron chi connectivity index (χ1n) is 23.9. The van der Waals surface area contributed by atoms with Crippen LogP contribution < -0.4 is 24.4 Å². The van der Waals surface area contributed by atoms with Crippen LogP contribution in [0.4, 0.5) is 17.1 Å². The second-order valence-electron chi connectivity index (χ2n) is 20.5. The molecule has 3 aromatic carbocycles. The van der Waals surface area contributed by atoms with Crippen molar-refractivity contribution in [1.82, 2.24) is 19.6 Å². The average molecular weight is 932 g/mol. The minimum Gasteiger partial charge on any atom is -0.489 e. The molecule has 1 unspecified atom stereocenters. The molecule has 354 valence electrons. The molecule has 1 spiro atoms. The number of carbonyl (C=O) groups excluding carboxylic acids is 1. The molecule has 67 heavy (non-hydrogen) atoms. The Balaban J connectivity index is 0.861. The third kappa shape index (κ3) is 8.95. The van der Waals surface area contributed by atoms with Crippen LogP contribution in [0.15, 0.2) is 77.8 Å². The highest BCUT2D eigenvalue weighted by Gasteiger charge is 2.49. The molecule has 2 aromatic heterocycles. The van der Waals surface area contributed by atoms with Crippen LogP contribution in [0.5, 0.6) is 17.2 Å². The zero-order valence-corrected chi connectivity index (χ0v) is 39.5. The molecule has 0 radical (unpaired) electrons. The second kappa shape index (κ2) is 17.4. The first-order valence-corrected chi connectivity index (χ1v) is 25.4. The van der Waals surface area contributed by atoms with Crippen LogP contribution >= 0.6 is 0 Å². The Labute approximate surface area is 391 Å². The number of nitrogens with zero attached hydrogens (tertiary/aromatic N) is 4. The van der Waals surface area contributed by atoms with Gasteiger partial charge in [-0.1, -0.05) is 44.5 Å². The standard InChI is InChI=1S/C51H61N7O8S/c1-31(2)38-8-5-6-9-39(38)40-10-7-11-43(40)57-29-51(30-57)18-20-56(21-19-51)35-12-13-41(45(24-35)66-36-23-34-22-32(3)53-48(34)52-27-36)49(59)55-67(63,64)37-25-44(58(61)62)47-46(26-37)65-28-42(54-47)33-14-16-50(4,60)17-15-33/h5-6,8-9,12-13,22-27,31,33,40,42-43,54,60H,7,10-11,14-21,28-30H2,1-4H3,(H,52,53)(H,55,59)/t33?,40-,42-,43?,50?/m1/s1. The zero-order valence-electron chi connectivity index (χ0n) is 38.7. The molecular formula is C51H61N7O8S. The van der Waals surface area contributed by atoms with Crippen molar-refractivity contribution in [2.75, 3.05) is 43.0 Å². The molecule has 15 nitrogen and oxygen atoms in total. The van der Waals surface area contributed by atoms with Gasteiger partial charge in [0.25, 0.3) is 21.6 Å². The highest BCUT2D eigenvalue weighted by atomic mass is 32.2. The van der Waals surface area contributed by atoms with Gasteiger partial charge in [0.2, 0.25) is 0 Å². The van der Waals surface area contributed by atoms with E-state index in [0.29, 0.717) is 55.0 Å². The van der Waals surface area contributed by atoms with Crippen LogP contribution in [0, 0.1) is 28.4 Å². The van der Waals surface area contributed by atoms with Crippen molar-refractivity contribution in [2.45, 2.75) is 120 Å². The molecule has 3 aliphatic heterocycles. The van der Waals surface area contributed by atoms with Crippen LogP contribution in [-0.2, 0) is 10.0 Å². The number of amides is 1. The number of rotatable bonds is 11. The number of ether oxygens (including phenoxy) is 2. The molecule has 5 aromatic rings. The highest BCUT2D eigenvalue weighted by Crippen LogP contribution is 2.49. The molecule has 3 atom stereocenters. The number of benzene rings is 3. The fourth-order valence-electron chi connectivity index (χ4n) is 11.7. The summed E-state index contributed by atoms with van der Waals surface area (Å²) in [5.74, 6) is 0.720. The molecule has 2 aliphatic carbocycles. The third-order valence-corrected chi connectivity index (χ3v) is 16.8. The lowest BCUT2D eigenvalue weighted by molar-refractivity contribution is -0.384. The number of nitro groups is 1. The van der Waals surface area contributed by atoms with Gasteiger partial charge >= 0.3 is 0 Å². The Morgan fingerprint density at radius 3 is 2.52 bits per heavy atom. The van der Waals surface area contributed by atoms with Crippen molar-refractivity contribution >= 4 is 44.0 Å². The normalized spacial score (nSPS) is 25.0. The predicted molar refractivity (Wildman–Crippen MR) is 257 cm³/mol. The molecule has 2 saturated carbocycles. The number of nitrogens with one attached hydrogen (secondary N) is 3. The number of piperidine rings is 1. The predicted octanol–water partition coefficient (Wildman–Crippen LogP) is 9.17. The highest BCUT2D eigenvalue weighted by molar-refractivity contribution is 7.90. The van der Waals surface area contributed by atoms with Gasteiger partial charge in [-0.15, -0.1) is 0 Å². The van der Waals surface area contributed by atoms with E-state index < -0.39 is 37.0 Å². The van der Waals surface area contributed by atoms with Gasteiger partial charge in [0.05, 0.1) is 33.2 Å². The van der Waals surface area contributed by atoms with Crippen LogP contribution in [0.1, 0.15) is 118 Å². The summed E-state index contributed by atoms with van der Waals surface area (Å²) >= 11 is 0. The summed E-state index contributed by atoms with van der Waals surface area (Å²) in [7, 11) is -4.66. The number of aromatic amines is 1. The van der Waals surface area contributed by atoms with Gasteiger partial charge in [0.1, 0.15) is 23.8 Å². The number of carbonyl (C=O) groups is 1. The molecule has 2 saturated heterocycles. The van der Waals surface area contributed by atoms with E-state index in [0.717, 1.165) is 61.9 Å². The maximum atomic E-state index is 14.2. The third-order valence-electron chi connectivity index (χ3n) is 15.5. The number of sulfonamides is 1. The summed E-state index contributed by atoms with van der Waals surface area (Å²) in [6.45, 7) is 12.3. The van der Waals surface area contributed by atoms with E-state index in [2.05, 4.69) is 67.9 Å². The lowest BCUT2D eigenvalue weighted by atomic mass is 9.70. The van der Waals surface area contributed by atoms with E-state index in [1.807, 2.05) is 32.0 Å². The molecule has 4 N–H and O–H groups in total. The number of aliphatic hydroxyl groups is 1. The van der Waals surface area contributed by atoms with Crippen LogP contribution in [0.2, 0.25) is 0 Å². The number of hydrogen-bond acceptors (Lipinski definition) is 12. The van der Waals surface area contributed by atoms with E-state index in [-0.39, 0.29) is 46.7 Å². The lowest BCUT2D eigenvalue weighted by Gasteiger charge is -2.57. The van der Waals surface area contributed by atoms with Crippen molar-refractivity contribution in [3.8, 4) is 17.2 Å². The number of pyridine rings is 1. The van der Waals surface area contributed by atoms with Crippen molar-refractivity contribution in [1.29, 1.82) is 0 Å². The van der Waals surface area contributed by atoms with Gasteiger partial charge in [0, 0.05) is 67.2 Å². The molecule has 5 aliphatic rings. The first-order chi connectivity index (χ1) is 32.0. The molecule has 0 bridgehead atoms. The molecular weight excluding hydrogens is 871 g/mol. The Bertz CT molecular complexity index is 2820. The number of H-pyrrole nitrogens is 1. The van der Waals surface area contributed by atoms with Gasteiger partial charge in [-0.3, -0.25) is 19.8 Å². The Kier molecular flexibility index (Phi) is 11.7. The largest absolute Gasteiger partial charge is 0.489 e. The quantitative estimate of drug-likeness (QED) is 0.0727. The van der Waals surface area contributed by atoms with E-state index in [1.165, 1.54) is 36.5 Å². The van der Waals surface area contributed by atoms with Crippen LogP contribution in [-0.4, -0.2) is 89.7 Å². The summed E-state index contributed by atoms with van der Waals surface area (Å²) in [6, 6.07) is 20.4. The van der Waals surface area contributed by atoms with Crippen LogP contribution in [0.3, 0.4) is 0 Å². The summed E-state index contributed by atoms with van der Waals surface area (Å²) in [5, 5.41) is 26.9. The smallest absolute Gasteiger partial charge is 0.297 e. The minimum atomic E-state index is -4.66. The second-order valence-corrected chi connectivity index (χ2v) is 22.2. The van der Waals surface area contributed by atoms with Crippen molar-refractivity contribution in [2.24, 2.45) is 11.3 Å². The van der Waals surface area contributed by atoms with E-state index >= 15 is 0 Å². The summed E-state index contributed by atoms with van der Waals surface area (Å²) in [5.41, 5.74) is 4.53. The van der Waals surface area contributed by atoms with Crippen LogP contribution in [0.25, 0.3) is 11.0 Å². The van der Waals surface area contributed by atoms with E-state index in [1.54, 1.807) is 18.3 Å². The SMILES string of the molecule is Cc1cc2cc(Oc3cc(N4CCC5(CC4)CN(C4CCC[C@@H]4c4ccccc4C(C)C)C5)ccc3C(=O)NS(=O)(=O)c3cc4c(c([N+](=O)[O-])c3)N[C@@H](C3CCC(C)(O)CC3)CO4)cnc2[nH]1. The van der Waals surface area contributed by atoms with Gasteiger partial charge < -0.3 is 29.8 Å². The van der Waals surface area contributed by atoms with Crippen molar-refractivity contribution in [3.63, 3.8) is 0 Å². The number of aromatic nitrogens is 2. The molecule has 16 heteroatoms. The number of anilines is 2. The maximum Gasteiger partial charge on any atom is 0.297 e. The van der Waals surface area contributed by atoms with Gasteiger partial charge in [-0.2, -0.15) is 0 Å². The molecule has 4 fully saturated rings. The molecule has 1 amide bonds. The zero-order chi connectivity index (χ0) is 46.8. The fraction of sp³-hybridized carbons (Fsp3) is 0.490. The number of fused-ring (bicyclic) bond motifs is 2. The van der Waals surface area contributed by atoms with Crippen molar-refractivity contribution in [3.05, 3.63) is 105 Å². The molecule has 5 heterocycles. The maximum absolute atomic E-state index is 14.2. The number of aryl methyl sites for hydroxylation is 1. The number of nitro benzene ring substituents is 1. The summed E-state index contributed by atoms with van der Waals surface area (Å²) in [6.07, 6.45) is 9.98. The minimum absolute atomic E-state index is 0.00501. The van der Waals surface area contributed by atoms with E-state index in [9.17, 15) is 28.4 Å². The number of likely N-dealkylation sites (tertiary alicyclic amines) is 1. The number of hydrogen-bond donors (Lipinski definition) is 4. The summed E-state index contributed by atoms with van der Waals surface area (Å²) < 4.78 is 42.5. The van der Waals surface area contributed by atoms with E-state index in [4.69, 9.17) is 9.47 Å². The summed E-state index contributed by atoms with van der Waals surface area (Å²) in [4.78, 5) is 38.2. The lowest BCUT2D eigenvalue weighted by Crippen LogP contribution is -2.63. The van der Waals surface area contributed by atoms with Gasteiger partial charge in [-0.25, -0.2) is 18.1 Å². The fourth-order valence-corrected chi connectivity index (χ4v) is 12.7.